The van der Waals surface area contributed by atoms with E-state index in [1.165, 1.54) is 37.9 Å². The molecular weight excluding hydrogens is 248 g/mol. The number of nitrogens with two attached hydrogens (primary N) is 1. The van der Waals surface area contributed by atoms with Crippen LogP contribution in [0.15, 0.2) is 18.3 Å². The second-order valence-corrected chi connectivity index (χ2v) is 6.34. The van der Waals surface area contributed by atoms with Gasteiger partial charge >= 0.3 is 0 Å². The first-order valence-electron chi connectivity index (χ1n) is 7.67. The molecule has 20 heavy (non-hydrogen) atoms. The van der Waals surface area contributed by atoms with E-state index in [4.69, 9.17) is 5.73 Å². The van der Waals surface area contributed by atoms with E-state index in [1.54, 1.807) is 6.20 Å². The average Bonchev–Trinajstić information content (AvgIpc) is 2.45. The summed E-state index contributed by atoms with van der Waals surface area (Å²) in [5.74, 6) is 0.605. The molecule has 1 aromatic heterocycles. The van der Waals surface area contributed by atoms with Crippen LogP contribution >= 0.6 is 0 Å². The molecule has 0 spiro atoms. The Morgan fingerprint density at radius 3 is 2.65 bits per heavy atom. The average molecular weight is 276 g/mol. The first-order valence-corrected chi connectivity index (χ1v) is 7.67. The maximum atomic E-state index is 5.79. The molecule has 4 heteroatoms. The van der Waals surface area contributed by atoms with Gasteiger partial charge in [-0.1, -0.05) is 6.42 Å². The summed E-state index contributed by atoms with van der Waals surface area (Å²) in [6, 6.07) is 4.45. The number of rotatable bonds is 5. The van der Waals surface area contributed by atoms with Gasteiger partial charge in [0.05, 0.1) is 0 Å². The minimum atomic E-state index is 0.146. The van der Waals surface area contributed by atoms with Gasteiger partial charge in [-0.05, 0) is 70.9 Å². The molecule has 2 rings (SSSR count). The third-order valence-electron chi connectivity index (χ3n) is 4.66. The van der Waals surface area contributed by atoms with Gasteiger partial charge in [0.15, 0.2) is 0 Å². The normalized spacial score (nSPS) is 18.9. The molecule has 0 saturated carbocycles. The Balaban J connectivity index is 2.09. The maximum Gasteiger partial charge on any atom is 0.123 e. The molecule has 1 atom stereocenters. The summed E-state index contributed by atoms with van der Waals surface area (Å²) in [6.07, 6.45) is 6.79. The van der Waals surface area contributed by atoms with E-state index in [2.05, 4.69) is 42.2 Å². The lowest BCUT2D eigenvalue weighted by Gasteiger charge is -2.46. The number of pyridine rings is 1. The third-order valence-corrected chi connectivity index (χ3v) is 4.66. The number of nitrogen functional groups attached to an aromatic ring is 1. The molecule has 0 aliphatic carbocycles. The Morgan fingerprint density at radius 1 is 1.35 bits per heavy atom. The molecule has 2 heterocycles. The summed E-state index contributed by atoms with van der Waals surface area (Å²) in [4.78, 5) is 6.70. The number of hydrogen-bond acceptors (Lipinski definition) is 4. The largest absolute Gasteiger partial charge is 0.384 e. The lowest BCUT2D eigenvalue weighted by molar-refractivity contribution is 0.0635. The monoisotopic (exact) mass is 276 g/mol. The van der Waals surface area contributed by atoms with E-state index in [-0.39, 0.29) is 5.54 Å². The van der Waals surface area contributed by atoms with Gasteiger partial charge in [0.25, 0.3) is 0 Å². The molecule has 1 fully saturated rings. The molecule has 1 saturated heterocycles. The van der Waals surface area contributed by atoms with Crippen LogP contribution in [0, 0.1) is 0 Å². The van der Waals surface area contributed by atoms with Crippen LogP contribution in [0.3, 0.4) is 0 Å². The molecule has 0 aromatic carbocycles. The van der Waals surface area contributed by atoms with Gasteiger partial charge < -0.3 is 11.1 Å². The van der Waals surface area contributed by atoms with Crippen molar-refractivity contribution in [3.8, 4) is 0 Å². The molecule has 1 unspecified atom stereocenters. The zero-order valence-electron chi connectivity index (χ0n) is 13.0. The van der Waals surface area contributed by atoms with E-state index in [9.17, 15) is 0 Å². The number of nitrogens with zero attached hydrogens (tertiary/aromatic N) is 2. The summed E-state index contributed by atoms with van der Waals surface area (Å²) in [5.41, 5.74) is 7.18. The van der Waals surface area contributed by atoms with Gasteiger partial charge in [0, 0.05) is 17.8 Å². The molecule has 4 nitrogen and oxygen atoms in total. The van der Waals surface area contributed by atoms with Gasteiger partial charge in [0.2, 0.25) is 0 Å². The van der Waals surface area contributed by atoms with Crippen molar-refractivity contribution in [3.63, 3.8) is 0 Å². The molecule has 1 aromatic rings. The van der Waals surface area contributed by atoms with Gasteiger partial charge in [-0.2, -0.15) is 0 Å². The lowest BCUT2D eigenvalue weighted by atomic mass is 9.86. The van der Waals surface area contributed by atoms with Crippen LogP contribution in [0.4, 0.5) is 5.82 Å². The van der Waals surface area contributed by atoms with Gasteiger partial charge in [-0.3, -0.25) is 4.90 Å². The Morgan fingerprint density at radius 2 is 2.05 bits per heavy atom. The van der Waals surface area contributed by atoms with Crippen molar-refractivity contribution in [3.05, 3.63) is 23.9 Å². The molecule has 1 aliphatic heterocycles. The van der Waals surface area contributed by atoms with Gasteiger partial charge in [-0.25, -0.2) is 4.98 Å². The van der Waals surface area contributed by atoms with E-state index >= 15 is 0 Å². The van der Waals surface area contributed by atoms with Gasteiger partial charge in [-0.15, -0.1) is 0 Å². The maximum absolute atomic E-state index is 5.79. The number of piperidine rings is 1. The van der Waals surface area contributed by atoms with Crippen LogP contribution in [0.1, 0.15) is 38.7 Å². The minimum absolute atomic E-state index is 0.146. The van der Waals surface area contributed by atoms with Crippen molar-refractivity contribution in [2.75, 3.05) is 25.9 Å². The lowest BCUT2D eigenvalue weighted by Crippen LogP contribution is -2.59. The van der Waals surface area contributed by atoms with Crippen molar-refractivity contribution in [1.82, 2.24) is 15.2 Å². The quantitative estimate of drug-likeness (QED) is 0.864. The highest BCUT2D eigenvalue weighted by molar-refractivity contribution is 5.32. The molecular formula is C16H28N4. The minimum Gasteiger partial charge on any atom is -0.384 e. The Labute approximate surface area is 122 Å². The smallest absolute Gasteiger partial charge is 0.123 e. The zero-order valence-corrected chi connectivity index (χ0v) is 13.0. The van der Waals surface area contributed by atoms with Crippen molar-refractivity contribution >= 4 is 5.82 Å². The molecule has 0 amide bonds. The highest BCUT2D eigenvalue weighted by Crippen LogP contribution is 2.26. The fourth-order valence-corrected chi connectivity index (χ4v) is 3.25. The highest BCUT2D eigenvalue weighted by atomic mass is 15.2. The van der Waals surface area contributed by atoms with Crippen LogP contribution in [0.5, 0.6) is 0 Å². The summed E-state index contributed by atoms with van der Waals surface area (Å²) < 4.78 is 0. The Kier molecular flexibility index (Phi) is 5.00. The molecule has 0 radical (unpaired) electrons. The van der Waals surface area contributed by atoms with Crippen molar-refractivity contribution < 1.29 is 0 Å². The summed E-state index contributed by atoms with van der Waals surface area (Å²) in [6.45, 7) is 7.13. The fraction of sp³-hybridized carbons (Fsp3) is 0.688. The second kappa shape index (κ2) is 6.55. The molecule has 3 N–H and O–H groups in total. The van der Waals surface area contributed by atoms with Gasteiger partial charge in [0.1, 0.15) is 5.82 Å². The van der Waals surface area contributed by atoms with Crippen molar-refractivity contribution in [1.29, 1.82) is 0 Å². The second-order valence-electron chi connectivity index (χ2n) is 6.34. The first-order chi connectivity index (χ1) is 9.54. The van der Waals surface area contributed by atoms with E-state index in [0.717, 1.165) is 6.42 Å². The first kappa shape index (κ1) is 15.3. The van der Waals surface area contributed by atoms with Crippen LogP contribution in [-0.2, 0) is 6.42 Å². The van der Waals surface area contributed by atoms with Crippen LogP contribution in [0.2, 0.25) is 0 Å². The zero-order chi connectivity index (χ0) is 14.6. The SMILES string of the molecule is CNC(Cc1ccnc(N)c1)C(C)(C)N1CCCCC1. The number of likely N-dealkylation sites (tertiary alicyclic amines) is 1. The van der Waals surface area contributed by atoms with Crippen LogP contribution < -0.4 is 11.1 Å². The third kappa shape index (κ3) is 3.49. The highest BCUT2D eigenvalue weighted by Gasteiger charge is 2.35. The van der Waals surface area contributed by atoms with Crippen LogP contribution in [0.25, 0.3) is 0 Å². The van der Waals surface area contributed by atoms with E-state index < -0.39 is 0 Å². The number of likely N-dealkylation sites (N-methyl/N-ethyl adjacent to an activating group) is 1. The summed E-state index contributed by atoms with van der Waals surface area (Å²) >= 11 is 0. The molecule has 1 aliphatic rings. The van der Waals surface area contributed by atoms with Crippen LogP contribution in [-0.4, -0.2) is 41.6 Å². The van der Waals surface area contributed by atoms with E-state index in [0.29, 0.717) is 11.9 Å². The Bertz CT molecular complexity index is 424. The number of hydrogen-bond donors (Lipinski definition) is 2. The molecule has 112 valence electrons. The van der Waals surface area contributed by atoms with Crippen molar-refractivity contribution in [2.45, 2.75) is 51.1 Å². The standard InChI is InChI=1S/C16H28N4/c1-16(2,20-9-5-4-6-10-20)14(18-3)11-13-7-8-19-15(17)12-13/h7-8,12,14,18H,4-6,9-11H2,1-3H3,(H2,17,19). The predicted molar refractivity (Wildman–Crippen MR) is 84.7 cm³/mol. The predicted octanol–water partition coefficient (Wildman–Crippen LogP) is 2.06. The van der Waals surface area contributed by atoms with Crippen molar-refractivity contribution in [2.24, 2.45) is 0 Å². The molecule has 0 bridgehead atoms. The van der Waals surface area contributed by atoms with E-state index in [1.807, 2.05) is 6.07 Å². The number of nitrogens with one attached hydrogen (secondary N) is 1. The summed E-state index contributed by atoms with van der Waals surface area (Å²) in [5, 5.41) is 3.50. The topological polar surface area (TPSA) is 54.2 Å². The Hall–Kier alpha value is -1.13. The summed E-state index contributed by atoms with van der Waals surface area (Å²) in [7, 11) is 2.06. The number of aromatic nitrogens is 1. The fourth-order valence-electron chi connectivity index (χ4n) is 3.25. The number of anilines is 1.